The summed E-state index contributed by atoms with van der Waals surface area (Å²) in [5.74, 6) is 2.20. The van der Waals surface area contributed by atoms with Crippen molar-refractivity contribution < 1.29 is 0 Å². The van der Waals surface area contributed by atoms with Gasteiger partial charge in [-0.15, -0.1) is 0 Å². The monoisotopic (exact) mass is 218 g/mol. The van der Waals surface area contributed by atoms with Gasteiger partial charge in [0.15, 0.2) is 0 Å². The van der Waals surface area contributed by atoms with E-state index in [4.69, 9.17) is 11.6 Å². The van der Waals surface area contributed by atoms with Gasteiger partial charge in [0.1, 0.15) is 0 Å². The van der Waals surface area contributed by atoms with Crippen LogP contribution in [0.4, 0.5) is 0 Å². The zero-order chi connectivity index (χ0) is 8.81. The molecule has 0 nitrogen and oxygen atoms in total. The largest absolute Gasteiger partial charge is 0.0941 e. The molecule has 0 saturated carbocycles. The lowest BCUT2D eigenvalue weighted by molar-refractivity contribution is 1.43. The highest BCUT2D eigenvalue weighted by Gasteiger charge is 1.93. The maximum Gasteiger partial charge on any atom is 0.0409 e. The molecule has 3 heteroatoms. The van der Waals surface area contributed by atoms with Gasteiger partial charge >= 0.3 is 0 Å². The molecule has 0 saturated heterocycles. The highest BCUT2D eigenvalue weighted by atomic mass is 35.5. The standard InChI is InChI=1S/C9H11ClS2/c1-2-11-12-7-8-4-3-5-9(10)6-8/h3-6H,2,7H2,1H3. The Kier molecular flexibility index (Phi) is 4.96. The van der Waals surface area contributed by atoms with E-state index in [9.17, 15) is 0 Å². The minimum atomic E-state index is 0.828. The Hall–Kier alpha value is 0.210. The molecular formula is C9H11ClS2. The summed E-state index contributed by atoms with van der Waals surface area (Å²) in [5, 5.41) is 0.828. The lowest BCUT2D eigenvalue weighted by Crippen LogP contribution is -1.77. The van der Waals surface area contributed by atoms with E-state index in [0.717, 1.165) is 16.5 Å². The third-order valence-corrected chi connectivity index (χ3v) is 3.97. The van der Waals surface area contributed by atoms with Gasteiger partial charge in [-0.2, -0.15) is 0 Å². The van der Waals surface area contributed by atoms with E-state index >= 15 is 0 Å². The minimum Gasteiger partial charge on any atom is -0.0941 e. The van der Waals surface area contributed by atoms with Crippen molar-refractivity contribution in [1.29, 1.82) is 0 Å². The molecular weight excluding hydrogens is 208 g/mol. The highest BCUT2D eigenvalue weighted by molar-refractivity contribution is 8.76. The summed E-state index contributed by atoms with van der Waals surface area (Å²) in [6, 6.07) is 8.03. The van der Waals surface area contributed by atoms with Crippen LogP contribution >= 0.6 is 33.2 Å². The molecule has 0 aromatic heterocycles. The first kappa shape index (κ1) is 10.3. The second kappa shape index (κ2) is 5.79. The first-order valence-electron chi connectivity index (χ1n) is 3.82. The van der Waals surface area contributed by atoms with Gasteiger partial charge in [0.25, 0.3) is 0 Å². The van der Waals surface area contributed by atoms with Crippen LogP contribution in [0.3, 0.4) is 0 Å². The lowest BCUT2D eigenvalue weighted by atomic mass is 10.2. The molecule has 1 aromatic carbocycles. The summed E-state index contributed by atoms with van der Waals surface area (Å²) in [6.45, 7) is 2.16. The first-order chi connectivity index (χ1) is 5.83. The second-order valence-electron chi connectivity index (χ2n) is 2.30. The zero-order valence-electron chi connectivity index (χ0n) is 6.92. The molecule has 1 aromatic rings. The molecule has 12 heavy (non-hydrogen) atoms. The maximum absolute atomic E-state index is 5.84. The van der Waals surface area contributed by atoms with Crippen LogP contribution in [0, 0.1) is 0 Å². The molecule has 0 atom stereocenters. The molecule has 0 bridgehead atoms. The van der Waals surface area contributed by atoms with Crippen molar-refractivity contribution in [2.45, 2.75) is 12.7 Å². The molecule has 0 aliphatic rings. The molecule has 0 aliphatic heterocycles. The molecule has 0 fully saturated rings. The Bertz CT molecular complexity index is 238. The van der Waals surface area contributed by atoms with Gasteiger partial charge in [-0.3, -0.25) is 0 Å². The Morgan fingerprint density at radius 3 is 2.83 bits per heavy atom. The predicted molar refractivity (Wildman–Crippen MR) is 60.9 cm³/mol. The summed E-state index contributed by atoms with van der Waals surface area (Å²) in [5.41, 5.74) is 1.30. The van der Waals surface area contributed by atoms with Gasteiger partial charge in [0.05, 0.1) is 0 Å². The van der Waals surface area contributed by atoms with Gasteiger partial charge in [0.2, 0.25) is 0 Å². The van der Waals surface area contributed by atoms with Gasteiger partial charge in [0, 0.05) is 16.5 Å². The van der Waals surface area contributed by atoms with Crippen LogP contribution in [0.15, 0.2) is 24.3 Å². The van der Waals surface area contributed by atoms with E-state index in [1.165, 1.54) is 5.56 Å². The van der Waals surface area contributed by atoms with E-state index in [-0.39, 0.29) is 0 Å². The molecule has 66 valence electrons. The van der Waals surface area contributed by atoms with Crippen molar-refractivity contribution in [1.82, 2.24) is 0 Å². The SMILES string of the molecule is CCSSCc1cccc(Cl)c1. The number of benzene rings is 1. The van der Waals surface area contributed by atoms with E-state index < -0.39 is 0 Å². The molecule has 0 heterocycles. The molecule has 0 spiro atoms. The fraction of sp³-hybridized carbons (Fsp3) is 0.333. The normalized spacial score (nSPS) is 10.2. The van der Waals surface area contributed by atoms with Crippen LogP contribution in [0.5, 0.6) is 0 Å². The molecule has 0 radical (unpaired) electrons. The van der Waals surface area contributed by atoms with Crippen LogP contribution in [0.25, 0.3) is 0 Å². The van der Waals surface area contributed by atoms with Crippen molar-refractivity contribution in [3.63, 3.8) is 0 Å². The Balaban J connectivity index is 2.41. The number of rotatable bonds is 4. The average Bonchev–Trinajstić information content (AvgIpc) is 2.05. The zero-order valence-corrected chi connectivity index (χ0v) is 9.31. The van der Waals surface area contributed by atoms with Crippen molar-refractivity contribution in [3.05, 3.63) is 34.9 Å². The fourth-order valence-electron chi connectivity index (χ4n) is 0.820. The molecule has 0 N–H and O–H groups in total. The number of halogens is 1. The number of hydrogen-bond donors (Lipinski definition) is 0. The Morgan fingerprint density at radius 1 is 1.33 bits per heavy atom. The summed E-state index contributed by atoms with van der Waals surface area (Å²) in [7, 11) is 3.76. The highest BCUT2D eigenvalue weighted by Crippen LogP contribution is 2.26. The van der Waals surface area contributed by atoms with E-state index in [0.29, 0.717) is 0 Å². The van der Waals surface area contributed by atoms with Gasteiger partial charge in [-0.25, -0.2) is 0 Å². The lowest BCUT2D eigenvalue weighted by Gasteiger charge is -1.99. The molecule has 0 aliphatic carbocycles. The van der Waals surface area contributed by atoms with Crippen LogP contribution in [-0.4, -0.2) is 5.75 Å². The van der Waals surface area contributed by atoms with Crippen molar-refractivity contribution in [3.8, 4) is 0 Å². The van der Waals surface area contributed by atoms with Crippen LogP contribution in [-0.2, 0) is 5.75 Å². The van der Waals surface area contributed by atoms with Crippen LogP contribution in [0.2, 0.25) is 5.02 Å². The van der Waals surface area contributed by atoms with Crippen molar-refractivity contribution >= 4 is 33.2 Å². The molecule has 1 rings (SSSR count). The third-order valence-electron chi connectivity index (χ3n) is 1.32. The minimum absolute atomic E-state index is 0.828. The van der Waals surface area contributed by atoms with E-state index in [1.807, 2.05) is 39.8 Å². The fourth-order valence-corrected chi connectivity index (χ4v) is 2.76. The summed E-state index contributed by atoms with van der Waals surface area (Å²) in [6.07, 6.45) is 0. The smallest absolute Gasteiger partial charge is 0.0409 e. The second-order valence-corrected chi connectivity index (χ2v) is 5.49. The van der Waals surface area contributed by atoms with Crippen molar-refractivity contribution in [2.24, 2.45) is 0 Å². The van der Waals surface area contributed by atoms with E-state index in [1.54, 1.807) is 0 Å². The van der Waals surface area contributed by atoms with Crippen LogP contribution < -0.4 is 0 Å². The van der Waals surface area contributed by atoms with Crippen molar-refractivity contribution in [2.75, 3.05) is 5.75 Å². The topological polar surface area (TPSA) is 0 Å². The van der Waals surface area contributed by atoms with Crippen LogP contribution in [0.1, 0.15) is 12.5 Å². The first-order valence-corrected chi connectivity index (χ1v) is 6.68. The summed E-state index contributed by atoms with van der Waals surface area (Å²) >= 11 is 5.84. The number of hydrogen-bond acceptors (Lipinski definition) is 2. The summed E-state index contributed by atoms with van der Waals surface area (Å²) < 4.78 is 0. The van der Waals surface area contributed by atoms with E-state index in [2.05, 4.69) is 13.0 Å². The molecule has 0 amide bonds. The Labute approximate surface area is 86.5 Å². The Morgan fingerprint density at radius 2 is 2.17 bits per heavy atom. The van der Waals surface area contributed by atoms with Gasteiger partial charge in [-0.1, -0.05) is 52.2 Å². The van der Waals surface area contributed by atoms with Gasteiger partial charge < -0.3 is 0 Å². The quantitative estimate of drug-likeness (QED) is 0.548. The summed E-state index contributed by atoms with van der Waals surface area (Å²) in [4.78, 5) is 0. The third kappa shape index (κ3) is 3.74. The molecule has 0 unspecified atom stereocenters. The van der Waals surface area contributed by atoms with Gasteiger partial charge in [-0.05, 0) is 17.7 Å². The average molecular weight is 219 g/mol. The predicted octanol–water partition coefficient (Wildman–Crippen LogP) is 4.24. The maximum atomic E-state index is 5.84.